The molecule has 0 aliphatic carbocycles. The molecule has 4 nitrogen and oxygen atoms in total. The highest BCUT2D eigenvalue weighted by Gasteiger charge is 2.35. The maximum Gasteiger partial charge on any atom is 0.417 e. The quantitative estimate of drug-likeness (QED) is 0.669. The molecule has 0 aliphatic heterocycles. The van der Waals surface area contributed by atoms with E-state index in [0.717, 1.165) is 12.1 Å². The van der Waals surface area contributed by atoms with Gasteiger partial charge in [-0.25, -0.2) is 0 Å². The van der Waals surface area contributed by atoms with Crippen molar-refractivity contribution in [1.82, 2.24) is 0 Å². The Morgan fingerprint density at radius 3 is 2.15 bits per heavy atom. The number of non-ortho nitro benzene ring substituents is 1. The van der Waals surface area contributed by atoms with Gasteiger partial charge in [0.25, 0.3) is 5.69 Å². The third-order valence-corrected chi connectivity index (χ3v) is 2.70. The second-order valence-corrected chi connectivity index (χ2v) is 4.03. The Kier molecular flexibility index (Phi) is 3.35. The van der Waals surface area contributed by atoms with Gasteiger partial charge in [0, 0.05) is 12.1 Å². The molecule has 7 heteroatoms. The Labute approximate surface area is 111 Å². The number of aromatic hydroxyl groups is 1. The summed E-state index contributed by atoms with van der Waals surface area (Å²) in [6.45, 7) is 0. The minimum atomic E-state index is -4.71. The van der Waals surface area contributed by atoms with Crippen molar-refractivity contribution in [2.24, 2.45) is 0 Å². The summed E-state index contributed by atoms with van der Waals surface area (Å²) in [6, 6.07) is 7.68. The molecule has 0 amide bonds. The van der Waals surface area contributed by atoms with E-state index in [0.29, 0.717) is 6.07 Å². The third kappa shape index (κ3) is 2.71. The molecule has 0 saturated heterocycles. The molecular weight excluding hydrogens is 275 g/mol. The van der Waals surface area contributed by atoms with Crippen molar-refractivity contribution < 1.29 is 23.2 Å². The summed E-state index contributed by atoms with van der Waals surface area (Å²) in [5.74, 6) is -0.0794. The molecule has 0 unspecified atom stereocenters. The van der Waals surface area contributed by atoms with Crippen molar-refractivity contribution in [3.63, 3.8) is 0 Å². The van der Waals surface area contributed by atoms with Gasteiger partial charge in [-0.15, -0.1) is 0 Å². The number of nitrogens with zero attached hydrogens (tertiary/aromatic N) is 1. The van der Waals surface area contributed by atoms with E-state index >= 15 is 0 Å². The largest absolute Gasteiger partial charge is 0.508 e. The number of hydrogen-bond acceptors (Lipinski definition) is 3. The number of hydrogen-bond donors (Lipinski definition) is 1. The molecule has 0 radical (unpaired) electrons. The van der Waals surface area contributed by atoms with Crippen molar-refractivity contribution in [1.29, 1.82) is 0 Å². The molecule has 0 bridgehead atoms. The van der Waals surface area contributed by atoms with Crippen LogP contribution in [0.15, 0.2) is 42.5 Å². The summed E-state index contributed by atoms with van der Waals surface area (Å²) in [5.41, 5.74) is -1.68. The van der Waals surface area contributed by atoms with E-state index in [1.165, 1.54) is 24.3 Å². The zero-order chi connectivity index (χ0) is 14.9. The number of phenols is 1. The minimum Gasteiger partial charge on any atom is -0.508 e. The van der Waals surface area contributed by atoms with E-state index in [4.69, 9.17) is 5.11 Å². The normalized spacial score (nSPS) is 11.3. The van der Waals surface area contributed by atoms with E-state index in [1.807, 2.05) is 0 Å². The number of halogens is 3. The van der Waals surface area contributed by atoms with Crippen LogP contribution in [-0.4, -0.2) is 10.0 Å². The van der Waals surface area contributed by atoms with E-state index in [1.54, 1.807) is 0 Å². The first-order valence-corrected chi connectivity index (χ1v) is 5.44. The van der Waals surface area contributed by atoms with Gasteiger partial charge in [0.15, 0.2) is 0 Å². The number of alkyl halides is 3. The van der Waals surface area contributed by atoms with E-state index in [-0.39, 0.29) is 16.9 Å². The zero-order valence-electron chi connectivity index (χ0n) is 9.89. The molecule has 20 heavy (non-hydrogen) atoms. The van der Waals surface area contributed by atoms with E-state index in [9.17, 15) is 23.3 Å². The summed E-state index contributed by atoms with van der Waals surface area (Å²) >= 11 is 0. The molecule has 104 valence electrons. The molecule has 2 aromatic rings. The molecule has 2 aromatic carbocycles. The Bertz CT molecular complexity index is 651. The number of nitro groups is 1. The lowest BCUT2D eigenvalue weighted by Crippen LogP contribution is -2.08. The fourth-order valence-electron chi connectivity index (χ4n) is 1.77. The molecule has 0 fully saturated rings. The third-order valence-electron chi connectivity index (χ3n) is 2.70. The second-order valence-electron chi connectivity index (χ2n) is 4.03. The number of benzene rings is 2. The fraction of sp³-hybridized carbons (Fsp3) is 0.0769. The zero-order valence-corrected chi connectivity index (χ0v) is 9.89. The van der Waals surface area contributed by atoms with Gasteiger partial charge >= 0.3 is 6.18 Å². The molecule has 0 saturated carbocycles. The van der Waals surface area contributed by atoms with Crippen LogP contribution in [0.2, 0.25) is 0 Å². The maximum atomic E-state index is 13.0. The van der Waals surface area contributed by atoms with Crippen LogP contribution in [0.25, 0.3) is 11.1 Å². The molecule has 0 aromatic heterocycles. The van der Waals surface area contributed by atoms with E-state index in [2.05, 4.69) is 0 Å². The van der Waals surface area contributed by atoms with Crippen molar-refractivity contribution in [3.05, 3.63) is 58.1 Å². The lowest BCUT2D eigenvalue weighted by atomic mass is 9.98. The summed E-state index contributed by atoms with van der Waals surface area (Å²) in [5, 5.41) is 19.7. The molecule has 0 heterocycles. The molecule has 2 rings (SSSR count). The summed E-state index contributed by atoms with van der Waals surface area (Å²) in [7, 11) is 0. The lowest BCUT2D eigenvalue weighted by molar-refractivity contribution is -0.385. The Hall–Kier alpha value is -2.57. The van der Waals surface area contributed by atoms with Crippen LogP contribution in [0, 0.1) is 10.1 Å². The molecule has 1 N–H and O–H groups in total. The topological polar surface area (TPSA) is 63.4 Å². The van der Waals surface area contributed by atoms with Gasteiger partial charge < -0.3 is 5.11 Å². The minimum absolute atomic E-state index is 0.0794. The Balaban J connectivity index is 2.63. The average molecular weight is 283 g/mol. The number of phenolic OH excluding ortho intramolecular Hbond substituents is 1. The van der Waals surface area contributed by atoms with Crippen molar-refractivity contribution >= 4 is 5.69 Å². The lowest BCUT2D eigenvalue weighted by Gasteiger charge is -2.12. The first kappa shape index (κ1) is 13.9. The van der Waals surface area contributed by atoms with Crippen LogP contribution < -0.4 is 0 Å². The van der Waals surface area contributed by atoms with Crippen LogP contribution in [0.1, 0.15) is 5.56 Å². The van der Waals surface area contributed by atoms with Crippen LogP contribution in [0.5, 0.6) is 5.75 Å². The molecule has 0 spiro atoms. The maximum absolute atomic E-state index is 13.0. The number of rotatable bonds is 2. The summed E-state index contributed by atoms with van der Waals surface area (Å²) in [4.78, 5) is 9.70. The Morgan fingerprint density at radius 1 is 1.05 bits per heavy atom. The van der Waals surface area contributed by atoms with Crippen LogP contribution in [-0.2, 0) is 6.18 Å². The van der Waals surface area contributed by atoms with Crippen molar-refractivity contribution in [2.45, 2.75) is 6.18 Å². The van der Waals surface area contributed by atoms with Crippen molar-refractivity contribution in [3.8, 4) is 16.9 Å². The van der Waals surface area contributed by atoms with Gasteiger partial charge in [-0.1, -0.05) is 12.1 Å². The van der Waals surface area contributed by atoms with Gasteiger partial charge in [-0.3, -0.25) is 10.1 Å². The van der Waals surface area contributed by atoms with Gasteiger partial charge in [-0.2, -0.15) is 13.2 Å². The fourth-order valence-corrected chi connectivity index (χ4v) is 1.77. The standard InChI is InChI=1S/C13H8F3NO3/c14-13(15,16)12-7-9(17(19)20)3-6-11(12)8-1-4-10(18)5-2-8/h1-7,18H. The summed E-state index contributed by atoms with van der Waals surface area (Å²) in [6.07, 6.45) is -4.71. The first-order chi connectivity index (χ1) is 9.29. The van der Waals surface area contributed by atoms with Gasteiger partial charge in [0.05, 0.1) is 10.5 Å². The second kappa shape index (κ2) is 4.84. The number of nitro benzene ring substituents is 1. The van der Waals surface area contributed by atoms with Crippen LogP contribution in [0.3, 0.4) is 0 Å². The SMILES string of the molecule is O=[N+]([O-])c1ccc(-c2ccc(O)cc2)c(C(F)(F)F)c1. The monoisotopic (exact) mass is 283 g/mol. The van der Waals surface area contributed by atoms with E-state index < -0.39 is 22.4 Å². The Morgan fingerprint density at radius 2 is 1.65 bits per heavy atom. The van der Waals surface area contributed by atoms with Crippen molar-refractivity contribution in [2.75, 3.05) is 0 Å². The van der Waals surface area contributed by atoms with Crippen LogP contribution >= 0.6 is 0 Å². The predicted molar refractivity (Wildman–Crippen MR) is 65.2 cm³/mol. The van der Waals surface area contributed by atoms with Gasteiger partial charge in [0.1, 0.15) is 5.75 Å². The molecular formula is C13H8F3NO3. The first-order valence-electron chi connectivity index (χ1n) is 5.44. The highest BCUT2D eigenvalue weighted by Crippen LogP contribution is 2.39. The highest BCUT2D eigenvalue weighted by molar-refractivity contribution is 5.70. The smallest absolute Gasteiger partial charge is 0.417 e. The molecule has 0 atom stereocenters. The molecule has 0 aliphatic rings. The highest BCUT2D eigenvalue weighted by atomic mass is 19.4. The van der Waals surface area contributed by atoms with Crippen LogP contribution in [0.4, 0.5) is 18.9 Å². The average Bonchev–Trinajstić information content (AvgIpc) is 2.38. The van der Waals surface area contributed by atoms with Gasteiger partial charge in [-0.05, 0) is 29.3 Å². The van der Waals surface area contributed by atoms with Gasteiger partial charge in [0.2, 0.25) is 0 Å². The predicted octanol–water partition coefficient (Wildman–Crippen LogP) is 3.99. The summed E-state index contributed by atoms with van der Waals surface area (Å²) < 4.78 is 39.0.